The fraction of sp³-hybridized carbons (Fsp3) is 0.450. The summed E-state index contributed by atoms with van der Waals surface area (Å²) in [7, 11) is 0. The van der Waals surface area contributed by atoms with E-state index in [0.29, 0.717) is 48.7 Å². The zero-order chi connectivity index (χ0) is 21.8. The van der Waals surface area contributed by atoms with Crippen LogP contribution in [0.25, 0.3) is 0 Å². The van der Waals surface area contributed by atoms with Crippen LogP contribution < -0.4 is 10.2 Å². The number of rotatable bonds is 2. The number of hydrogen-bond donors (Lipinski definition) is 1. The van der Waals surface area contributed by atoms with Gasteiger partial charge in [0.25, 0.3) is 0 Å². The minimum atomic E-state index is -1.60. The highest BCUT2D eigenvalue weighted by atomic mass is 19.2. The standard InChI is InChI=1S/C20H21F3N4O3/c1-10-6-15-12(17(30-25-15)26-5-4-20(2,3)18(26)28)9-27(10)19(29)24-11-7-13(21)16(23)14(22)8-11/h7-8,10H,4-6,9H2,1-3H3,(H,24,29). The summed E-state index contributed by atoms with van der Waals surface area (Å²) in [6.07, 6.45) is 1.06. The molecule has 1 aromatic carbocycles. The third kappa shape index (κ3) is 3.29. The molecule has 0 aliphatic carbocycles. The van der Waals surface area contributed by atoms with Crippen LogP contribution in [0.3, 0.4) is 0 Å². The van der Waals surface area contributed by atoms with E-state index in [1.807, 2.05) is 13.8 Å². The second-order valence-electron chi connectivity index (χ2n) is 8.37. The summed E-state index contributed by atoms with van der Waals surface area (Å²) in [6.45, 7) is 6.12. The average Bonchev–Trinajstić information content (AvgIpc) is 3.19. The third-order valence-corrected chi connectivity index (χ3v) is 5.72. The number of amides is 3. The zero-order valence-corrected chi connectivity index (χ0v) is 16.8. The molecule has 1 aromatic heterocycles. The van der Waals surface area contributed by atoms with Gasteiger partial charge in [-0.1, -0.05) is 19.0 Å². The Morgan fingerprint density at radius 3 is 2.53 bits per heavy atom. The van der Waals surface area contributed by atoms with E-state index in [-0.39, 0.29) is 24.2 Å². The molecule has 0 spiro atoms. The van der Waals surface area contributed by atoms with E-state index in [2.05, 4.69) is 10.5 Å². The summed E-state index contributed by atoms with van der Waals surface area (Å²) < 4.78 is 45.5. The summed E-state index contributed by atoms with van der Waals surface area (Å²) in [5.74, 6) is -4.14. The van der Waals surface area contributed by atoms with Gasteiger partial charge in [-0.05, 0) is 13.3 Å². The molecule has 4 rings (SSSR count). The number of urea groups is 1. The van der Waals surface area contributed by atoms with Gasteiger partial charge in [0, 0.05) is 42.2 Å². The molecule has 1 saturated heterocycles. The highest BCUT2D eigenvalue weighted by Crippen LogP contribution is 2.38. The van der Waals surface area contributed by atoms with Crippen LogP contribution in [0.4, 0.5) is 29.5 Å². The molecule has 2 aliphatic heterocycles. The lowest BCUT2D eigenvalue weighted by molar-refractivity contribution is -0.124. The number of hydrogen-bond acceptors (Lipinski definition) is 4. The van der Waals surface area contributed by atoms with Crippen LogP contribution in [0.2, 0.25) is 0 Å². The number of carbonyl (C=O) groups excluding carboxylic acids is 2. The van der Waals surface area contributed by atoms with E-state index in [1.165, 1.54) is 4.90 Å². The molecule has 3 heterocycles. The maximum absolute atomic E-state index is 13.5. The molecule has 1 atom stereocenters. The van der Waals surface area contributed by atoms with Crippen LogP contribution in [0.15, 0.2) is 16.7 Å². The fourth-order valence-electron chi connectivity index (χ4n) is 3.83. The fourth-order valence-corrected chi connectivity index (χ4v) is 3.83. The van der Waals surface area contributed by atoms with Gasteiger partial charge in [-0.2, -0.15) is 0 Å². The Morgan fingerprint density at radius 1 is 1.27 bits per heavy atom. The number of aromatic nitrogens is 1. The molecule has 30 heavy (non-hydrogen) atoms. The number of nitrogens with zero attached hydrogens (tertiary/aromatic N) is 3. The summed E-state index contributed by atoms with van der Waals surface area (Å²) in [5, 5.41) is 6.47. The molecule has 2 aliphatic rings. The van der Waals surface area contributed by atoms with Crippen LogP contribution in [-0.2, 0) is 17.8 Å². The smallest absolute Gasteiger partial charge is 0.322 e. The van der Waals surface area contributed by atoms with Crippen molar-refractivity contribution >= 4 is 23.5 Å². The normalized spacial score (nSPS) is 20.5. The largest absolute Gasteiger partial charge is 0.338 e. The molecule has 1 N–H and O–H groups in total. The number of fused-ring (bicyclic) bond motifs is 1. The van der Waals surface area contributed by atoms with Gasteiger partial charge in [0.15, 0.2) is 17.5 Å². The minimum absolute atomic E-state index is 0.0756. The Balaban J connectivity index is 1.57. The lowest BCUT2D eigenvalue weighted by atomic mass is 9.92. The van der Waals surface area contributed by atoms with E-state index in [0.717, 1.165) is 0 Å². The molecule has 2 aromatic rings. The molecule has 1 unspecified atom stereocenters. The Labute approximate surface area is 170 Å². The number of nitrogens with one attached hydrogen (secondary N) is 1. The average molecular weight is 422 g/mol. The first-order chi connectivity index (χ1) is 14.1. The molecule has 7 nitrogen and oxygen atoms in total. The quantitative estimate of drug-likeness (QED) is 0.746. The van der Waals surface area contributed by atoms with E-state index < -0.39 is 28.9 Å². The summed E-state index contributed by atoms with van der Waals surface area (Å²) >= 11 is 0. The van der Waals surface area contributed by atoms with Crippen LogP contribution in [0, 0.1) is 22.9 Å². The van der Waals surface area contributed by atoms with Crippen molar-refractivity contribution in [1.29, 1.82) is 0 Å². The maximum atomic E-state index is 13.5. The van der Waals surface area contributed by atoms with Crippen molar-refractivity contribution in [3.05, 3.63) is 40.8 Å². The topological polar surface area (TPSA) is 78.7 Å². The maximum Gasteiger partial charge on any atom is 0.322 e. The van der Waals surface area contributed by atoms with Gasteiger partial charge >= 0.3 is 6.03 Å². The number of benzene rings is 1. The van der Waals surface area contributed by atoms with Gasteiger partial charge in [0.1, 0.15) is 0 Å². The van der Waals surface area contributed by atoms with E-state index in [4.69, 9.17) is 4.52 Å². The Morgan fingerprint density at radius 2 is 1.93 bits per heavy atom. The van der Waals surface area contributed by atoms with Crippen molar-refractivity contribution in [2.45, 2.75) is 46.2 Å². The SMILES string of the molecule is CC1Cc2noc(N3CCC(C)(C)C3=O)c2CN1C(=O)Nc1cc(F)c(F)c(F)c1. The number of halogens is 3. The van der Waals surface area contributed by atoms with Gasteiger partial charge in [0.05, 0.1) is 17.8 Å². The van der Waals surface area contributed by atoms with Gasteiger partial charge in [-0.15, -0.1) is 0 Å². The van der Waals surface area contributed by atoms with E-state index in [9.17, 15) is 22.8 Å². The molecule has 0 radical (unpaired) electrons. The van der Waals surface area contributed by atoms with Crippen LogP contribution in [0.1, 0.15) is 38.4 Å². The number of carbonyl (C=O) groups is 2. The minimum Gasteiger partial charge on any atom is -0.338 e. The lowest BCUT2D eigenvalue weighted by Crippen LogP contribution is -2.45. The van der Waals surface area contributed by atoms with E-state index in [1.54, 1.807) is 11.8 Å². The molecular formula is C20H21F3N4O3. The molecule has 0 bridgehead atoms. The molecule has 3 amide bonds. The predicted molar refractivity (Wildman–Crippen MR) is 101 cm³/mol. The Bertz CT molecular complexity index is 1010. The van der Waals surface area contributed by atoms with Crippen LogP contribution in [-0.4, -0.2) is 34.6 Å². The molecule has 160 valence electrons. The lowest BCUT2D eigenvalue weighted by Gasteiger charge is -2.33. The Kier molecular flexibility index (Phi) is 4.74. The van der Waals surface area contributed by atoms with Gasteiger partial charge < -0.3 is 14.7 Å². The highest BCUT2D eigenvalue weighted by Gasteiger charge is 2.43. The van der Waals surface area contributed by atoms with Crippen molar-refractivity contribution in [2.75, 3.05) is 16.8 Å². The predicted octanol–water partition coefficient (Wildman–Crippen LogP) is 3.83. The molecule has 0 saturated carbocycles. The molecular weight excluding hydrogens is 401 g/mol. The van der Waals surface area contributed by atoms with Crippen molar-refractivity contribution in [3.8, 4) is 0 Å². The van der Waals surface area contributed by atoms with Gasteiger partial charge in [-0.25, -0.2) is 18.0 Å². The van der Waals surface area contributed by atoms with Crippen molar-refractivity contribution in [3.63, 3.8) is 0 Å². The monoisotopic (exact) mass is 422 g/mol. The highest BCUT2D eigenvalue weighted by molar-refractivity contribution is 5.99. The third-order valence-electron chi connectivity index (χ3n) is 5.72. The first-order valence-electron chi connectivity index (χ1n) is 9.60. The first-order valence-corrected chi connectivity index (χ1v) is 9.60. The van der Waals surface area contributed by atoms with Gasteiger partial charge in [0.2, 0.25) is 11.8 Å². The zero-order valence-electron chi connectivity index (χ0n) is 16.8. The van der Waals surface area contributed by atoms with Crippen molar-refractivity contribution in [1.82, 2.24) is 10.1 Å². The van der Waals surface area contributed by atoms with E-state index >= 15 is 0 Å². The van der Waals surface area contributed by atoms with Crippen molar-refractivity contribution in [2.24, 2.45) is 5.41 Å². The molecule has 1 fully saturated rings. The Hall–Kier alpha value is -3.04. The van der Waals surface area contributed by atoms with Crippen LogP contribution >= 0.6 is 0 Å². The van der Waals surface area contributed by atoms with Crippen molar-refractivity contribution < 1.29 is 27.3 Å². The van der Waals surface area contributed by atoms with Gasteiger partial charge in [-0.3, -0.25) is 9.69 Å². The molecule has 10 heteroatoms. The van der Waals surface area contributed by atoms with Crippen LogP contribution in [0.5, 0.6) is 0 Å². The second kappa shape index (κ2) is 7.03. The summed E-state index contributed by atoms with van der Waals surface area (Å²) in [5.41, 5.74) is 0.593. The number of anilines is 2. The summed E-state index contributed by atoms with van der Waals surface area (Å²) in [4.78, 5) is 28.4. The summed E-state index contributed by atoms with van der Waals surface area (Å²) in [6, 6.07) is 0.535. The second-order valence-corrected chi connectivity index (χ2v) is 8.37. The first kappa shape index (κ1) is 20.2.